The molecule has 3 rings (SSSR count). The number of piperidine rings is 1. The van der Waals surface area contributed by atoms with Gasteiger partial charge in [0.25, 0.3) is 0 Å². The van der Waals surface area contributed by atoms with Crippen LogP contribution in [0.1, 0.15) is 58.4 Å². The second-order valence-electron chi connectivity index (χ2n) is 9.15. The molecule has 1 amide bonds. The zero-order valence-electron chi connectivity index (χ0n) is 21.5. The zero-order valence-corrected chi connectivity index (χ0v) is 22.3. The first kappa shape index (κ1) is 28.6. The number of hydrogen-bond acceptors (Lipinski definition) is 5. The molecule has 2 aliphatic rings. The Balaban J connectivity index is 0.00000210. The number of aromatic hydroxyl groups is 1. The van der Waals surface area contributed by atoms with Crippen LogP contribution in [0.25, 0.3) is 0 Å². The van der Waals surface area contributed by atoms with Gasteiger partial charge >= 0.3 is 5.97 Å². The van der Waals surface area contributed by atoms with Crippen LogP contribution >= 0.6 is 11.6 Å². The molecule has 194 valence electrons. The highest BCUT2D eigenvalue weighted by atomic mass is 35.5. The number of phenolic OH excluding ortho intramolecular Hbond substituents is 1. The van der Waals surface area contributed by atoms with Crippen LogP contribution in [0.3, 0.4) is 0 Å². The summed E-state index contributed by atoms with van der Waals surface area (Å²) in [5.74, 6) is -0.220. The number of aliphatic carboxylic acids is 1. The first-order valence-corrected chi connectivity index (χ1v) is 12.6. The number of hydrogen-bond donors (Lipinski definition) is 2. The maximum atomic E-state index is 13.4. The van der Waals surface area contributed by atoms with Crippen molar-refractivity contribution in [1.29, 1.82) is 0 Å². The number of phenols is 1. The number of methoxy groups -OCH3 is 2. The van der Waals surface area contributed by atoms with E-state index in [1.165, 1.54) is 20.3 Å². The van der Waals surface area contributed by atoms with Gasteiger partial charge in [-0.2, -0.15) is 0 Å². The van der Waals surface area contributed by atoms with Crippen LogP contribution in [0, 0.1) is 17.8 Å². The van der Waals surface area contributed by atoms with E-state index in [1.807, 2.05) is 18.7 Å². The molecule has 1 aliphatic heterocycles. The Kier molecular flexibility index (Phi) is 10.5. The third-order valence-corrected chi connectivity index (χ3v) is 6.82. The number of rotatable bonds is 7. The number of carboxylic acids is 1. The molecule has 8 heteroatoms. The number of ether oxygens (including phenoxy) is 2. The molecule has 1 aliphatic carbocycles. The van der Waals surface area contributed by atoms with Crippen molar-refractivity contribution in [3.8, 4) is 17.2 Å². The van der Waals surface area contributed by atoms with Crippen molar-refractivity contribution in [3.05, 3.63) is 40.5 Å². The number of nitrogens with zero attached hydrogens (tertiary/aromatic N) is 1. The molecular weight excluding hydrogens is 470 g/mol. The fraction of sp³-hybridized carbons (Fsp3) is 0.556. The van der Waals surface area contributed by atoms with Crippen LogP contribution in [-0.2, 0) is 9.59 Å². The van der Waals surface area contributed by atoms with Crippen molar-refractivity contribution < 1.29 is 29.3 Å². The Bertz CT molecular complexity index is 963. The van der Waals surface area contributed by atoms with E-state index in [0.717, 1.165) is 6.42 Å². The predicted octanol–water partition coefficient (Wildman–Crippen LogP) is 5.57. The molecule has 0 bridgehead atoms. The van der Waals surface area contributed by atoms with Crippen LogP contribution in [-0.4, -0.2) is 54.3 Å². The van der Waals surface area contributed by atoms with Gasteiger partial charge in [0.15, 0.2) is 0 Å². The second kappa shape index (κ2) is 12.9. The summed E-state index contributed by atoms with van der Waals surface area (Å²) < 4.78 is 10.8. The van der Waals surface area contributed by atoms with E-state index in [0.29, 0.717) is 48.4 Å². The minimum absolute atomic E-state index is 0.00629. The zero-order chi connectivity index (χ0) is 26.3. The number of allylic oxidation sites excluding steroid dienone is 2. The summed E-state index contributed by atoms with van der Waals surface area (Å²) in [4.78, 5) is 26.8. The molecule has 1 fully saturated rings. The molecule has 35 heavy (non-hydrogen) atoms. The van der Waals surface area contributed by atoms with Gasteiger partial charge in [-0.15, -0.1) is 0 Å². The van der Waals surface area contributed by atoms with Crippen molar-refractivity contribution in [3.63, 3.8) is 0 Å². The highest BCUT2D eigenvalue weighted by Crippen LogP contribution is 2.46. The highest BCUT2D eigenvalue weighted by molar-refractivity contribution is 6.35. The van der Waals surface area contributed by atoms with Gasteiger partial charge in [0.05, 0.1) is 24.8 Å². The summed E-state index contributed by atoms with van der Waals surface area (Å²) in [7, 11) is 2.99. The molecule has 4 atom stereocenters. The van der Waals surface area contributed by atoms with E-state index >= 15 is 0 Å². The number of halogens is 1. The number of amides is 1. The first-order valence-electron chi connectivity index (χ1n) is 12.2. The Morgan fingerprint density at radius 2 is 1.77 bits per heavy atom. The van der Waals surface area contributed by atoms with Crippen LogP contribution in [0.15, 0.2) is 34.9 Å². The van der Waals surface area contributed by atoms with E-state index in [1.54, 1.807) is 18.2 Å². The van der Waals surface area contributed by atoms with Gasteiger partial charge in [0.1, 0.15) is 17.2 Å². The molecule has 1 aromatic rings. The number of likely N-dealkylation sites (tertiary alicyclic amines) is 1. The maximum Gasteiger partial charge on any atom is 0.336 e. The molecule has 2 N–H and O–H groups in total. The maximum absolute atomic E-state index is 13.4. The minimum atomic E-state index is -1.09. The monoisotopic (exact) mass is 507 g/mol. The van der Waals surface area contributed by atoms with Crippen molar-refractivity contribution in [2.45, 2.75) is 52.9 Å². The number of carboxylic acid groups (broad SMARTS) is 1. The molecular formula is C27H38ClNO6. The van der Waals surface area contributed by atoms with E-state index in [2.05, 4.69) is 13.8 Å². The lowest BCUT2D eigenvalue weighted by Gasteiger charge is -2.37. The summed E-state index contributed by atoms with van der Waals surface area (Å²) in [5, 5.41) is 20.4. The van der Waals surface area contributed by atoms with Crippen molar-refractivity contribution in [1.82, 2.24) is 4.90 Å². The van der Waals surface area contributed by atoms with Crippen LogP contribution < -0.4 is 9.47 Å². The third-order valence-electron chi connectivity index (χ3n) is 6.50. The molecule has 2 unspecified atom stereocenters. The molecule has 1 saturated heterocycles. The van der Waals surface area contributed by atoms with Gasteiger partial charge in [-0.25, -0.2) is 4.79 Å². The smallest absolute Gasteiger partial charge is 0.336 e. The van der Waals surface area contributed by atoms with E-state index in [9.17, 15) is 19.8 Å². The first-order chi connectivity index (χ1) is 16.6. The summed E-state index contributed by atoms with van der Waals surface area (Å²) in [6.45, 7) is 9.69. The third kappa shape index (κ3) is 6.94. The number of benzene rings is 1. The molecule has 7 nitrogen and oxygen atoms in total. The van der Waals surface area contributed by atoms with Crippen molar-refractivity contribution in [2.24, 2.45) is 17.8 Å². The Hall–Kier alpha value is -2.67. The van der Waals surface area contributed by atoms with E-state index < -0.39 is 11.9 Å². The fourth-order valence-corrected chi connectivity index (χ4v) is 5.38. The van der Waals surface area contributed by atoms with Gasteiger partial charge in [-0.1, -0.05) is 51.4 Å². The average Bonchev–Trinajstić information content (AvgIpc) is 2.82. The Morgan fingerprint density at radius 1 is 1.14 bits per heavy atom. The standard InChI is InChI=1S/C25H32ClNO6.C2H6/c1-14-7-15(2)13-27(12-14)23(29)11-19(16-5-6-18(25(30)31)20(26)8-16)24-21(28)9-17(32-3)10-22(24)33-4;1-2/h6,8-10,14-16,19,28H,5,7,11-13H2,1-4H3,(H,30,31);1-2H3/t14-,15+,16?,19?;. The lowest BCUT2D eigenvalue weighted by atomic mass is 9.77. The highest BCUT2D eigenvalue weighted by Gasteiger charge is 2.35. The number of carbonyl (C=O) groups is 2. The summed E-state index contributed by atoms with van der Waals surface area (Å²) >= 11 is 6.29. The lowest BCUT2D eigenvalue weighted by molar-refractivity contribution is -0.135. The molecule has 0 spiro atoms. The molecule has 0 saturated carbocycles. The quantitative estimate of drug-likeness (QED) is 0.501. The van der Waals surface area contributed by atoms with Crippen LogP contribution in [0.2, 0.25) is 0 Å². The van der Waals surface area contributed by atoms with Crippen molar-refractivity contribution in [2.75, 3.05) is 27.3 Å². The van der Waals surface area contributed by atoms with Crippen molar-refractivity contribution >= 4 is 23.5 Å². The van der Waals surface area contributed by atoms with Crippen LogP contribution in [0.4, 0.5) is 0 Å². The largest absolute Gasteiger partial charge is 0.507 e. The van der Waals surface area contributed by atoms with Gasteiger partial charge in [-0.05, 0) is 30.6 Å². The molecule has 1 heterocycles. The predicted molar refractivity (Wildman–Crippen MR) is 137 cm³/mol. The van der Waals surface area contributed by atoms with E-state index in [4.69, 9.17) is 21.1 Å². The van der Waals surface area contributed by atoms with Gasteiger partial charge in [0, 0.05) is 43.1 Å². The molecule has 0 radical (unpaired) electrons. The minimum Gasteiger partial charge on any atom is -0.507 e. The summed E-state index contributed by atoms with van der Waals surface area (Å²) in [6.07, 6.45) is 4.84. The summed E-state index contributed by atoms with van der Waals surface area (Å²) in [5.41, 5.74) is 0.533. The van der Waals surface area contributed by atoms with Gasteiger partial charge in [-0.3, -0.25) is 4.79 Å². The topological polar surface area (TPSA) is 96.3 Å². The Labute approximate surface area is 213 Å². The molecule has 1 aromatic carbocycles. The molecule has 0 aromatic heterocycles. The van der Waals surface area contributed by atoms with E-state index in [-0.39, 0.29) is 34.6 Å². The lowest BCUT2D eigenvalue weighted by Crippen LogP contribution is -2.43. The second-order valence-corrected chi connectivity index (χ2v) is 9.56. The Morgan fingerprint density at radius 3 is 2.29 bits per heavy atom. The average molecular weight is 508 g/mol. The van der Waals surface area contributed by atoms with Gasteiger partial charge < -0.3 is 24.6 Å². The fourth-order valence-electron chi connectivity index (χ4n) is 5.07. The number of carbonyl (C=O) groups excluding carboxylic acids is 1. The SMILES string of the molecule is CC.COc1cc(O)c(C(CC(=O)N2C[C@H](C)C[C@H](C)C2)C2C=C(Cl)C(C(=O)O)=CC2)c(OC)c1. The summed E-state index contributed by atoms with van der Waals surface area (Å²) in [6, 6.07) is 3.16. The van der Waals surface area contributed by atoms with Gasteiger partial charge in [0.2, 0.25) is 5.91 Å². The van der Waals surface area contributed by atoms with Crippen LogP contribution in [0.5, 0.6) is 17.2 Å². The normalized spacial score (nSPS) is 22.7.